The quantitative estimate of drug-likeness (QED) is 0.201. The van der Waals surface area contributed by atoms with E-state index in [1.807, 2.05) is 24.3 Å². The molecule has 1 heterocycles. The number of benzene rings is 2. The number of nitrogens with one attached hydrogen (secondary N) is 2. The highest BCUT2D eigenvalue weighted by atomic mass is 32.2. The van der Waals surface area contributed by atoms with Crippen LogP contribution in [0.25, 0.3) is 11.3 Å². The van der Waals surface area contributed by atoms with Gasteiger partial charge in [0.15, 0.2) is 0 Å². The molecule has 0 aliphatic heterocycles. The summed E-state index contributed by atoms with van der Waals surface area (Å²) >= 11 is 0. The van der Waals surface area contributed by atoms with Crippen molar-refractivity contribution in [3.8, 4) is 11.3 Å². The molecule has 0 saturated carbocycles. The highest BCUT2D eigenvalue weighted by Gasteiger charge is 2.12. The number of ether oxygens (including phenoxy) is 3. The molecular weight excluding hydrogens is 498 g/mol. The Hall–Kier alpha value is -3.13. The lowest BCUT2D eigenvalue weighted by atomic mass is 10.1. The van der Waals surface area contributed by atoms with Gasteiger partial charge in [-0.25, -0.2) is 23.1 Å². The van der Waals surface area contributed by atoms with Crippen LogP contribution in [0.5, 0.6) is 0 Å². The second-order valence-corrected chi connectivity index (χ2v) is 9.76. The summed E-state index contributed by atoms with van der Waals surface area (Å²) < 4.78 is 42.4. The van der Waals surface area contributed by atoms with E-state index in [4.69, 9.17) is 25.1 Å². The van der Waals surface area contributed by atoms with Gasteiger partial charge in [0, 0.05) is 11.3 Å². The van der Waals surface area contributed by atoms with E-state index in [0.717, 1.165) is 16.8 Å². The first-order chi connectivity index (χ1) is 17.9. The van der Waals surface area contributed by atoms with Gasteiger partial charge in [-0.05, 0) is 36.9 Å². The van der Waals surface area contributed by atoms with E-state index in [1.54, 1.807) is 18.3 Å². The smallest absolute Gasteiger partial charge is 0.240 e. The van der Waals surface area contributed by atoms with Crippen LogP contribution in [0.2, 0.25) is 0 Å². The minimum atomic E-state index is -3.51. The molecule has 1 aromatic heterocycles. The summed E-state index contributed by atoms with van der Waals surface area (Å²) in [6, 6.07) is 14.2. The molecular formula is C25H33N5O6S. The molecule has 0 aliphatic carbocycles. The number of nitrogen functional groups attached to an aromatic ring is 1. The summed E-state index contributed by atoms with van der Waals surface area (Å²) in [5.41, 5.74) is 9.82. The van der Waals surface area contributed by atoms with E-state index in [-0.39, 0.29) is 11.5 Å². The standard InChI is InChI=1S/C25H33N5O6S/c1-27-37(32,33)22-7-5-20(6-8-22)23-16-29-25(26)24(30-23)17-28-21-4-2-3-19(15-21)18-36-14-13-35-12-11-34-10-9-31/h2-8,15-16,27-28,31H,9-14,17-18H2,1H3,(H2,26,29). The van der Waals surface area contributed by atoms with Gasteiger partial charge in [0.1, 0.15) is 11.5 Å². The average Bonchev–Trinajstić information content (AvgIpc) is 2.92. The molecule has 0 unspecified atom stereocenters. The van der Waals surface area contributed by atoms with Gasteiger partial charge in [0.05, 0.1) is 69.6 Å². The topological polar surface area (TPSA) is 158 Å². The Morgan fingerprint density at radius 3 is 2.38 bits per heavy atom. The number of nitrogens with two attached hydrogens (primary N) is 1. The zero-order valence-corrected chi connectivity index (χ0v) is 21.5. The van der Waals surface area contributed by atoms with Crippen molar-refractivity contribution < 1.29 is 27.7 Å². The molecule has 5 N–H and O–H groups in total. The zero-order valence-electron chi connectivity index (χ0n) is 20.7. The fourth-order valence-corrected chi connectivity index (χ4v) is 4.01. The Kier molecular flexibility index (Phi) is 11.2. The predicted molar refractivity (Wildman–Crippen MR) is 140 cm³/mol. The minimum Gasteiger partial charge on any atom is -0.394 e. The van der Waals surface area contributed by atoms with Crippen LogP contribution >= 0.6 is 0 Å². The van der Waals surface area contributed by atoms with Crippen LogP contribution in [0, 0.1) is 0 Å². The zero-order chi connectivity index (χ0) is 26.5. The third-order valence-electron chi connectivity index (χ3n) is 5.24. The van der Waals surface area contributed by atoms with Gasteiger partial charge in [0.2, 0.25) is 10.0 Å². The van der Waals surface area contributed by atoms with Crippen LogP contribution in [-0.2, 0) is 37.4 Å². The molecule has 0 fully saturated rings. The molecule has 2 aromatic carbocycles. The van der Waals surface area contributed by atoms with E-state index in [1.165, 1.54) is 19.2 Å². The summed E-state index contributed by atoms with van der Waals surface area (Å²) in [5, 5.41) is 12.0. The van der Waals surface area contributed by atoms with Crippen LogP contribution in [0.3, 0.4) is 0 Å². The highest BCUT2D eigenvalue weighted by Crippen LogP contribution is 2.21. The normalized spacial score (nSPS) is 11.5. The fourth-order valence-electron chi connectivity index (χ4n) is 3.28. The Bertz CT molecular complexity index is 1220. The van der Waals surface area contributed by atoms with Crippen molar-refractivity contribution in [3.63, 3.8) is 0 Å². The summed E-state index contributed by atoms with van der Waals surface area (Å²) in [5.74, 6) is 0.312. The number of nitrogens with zero attached hydrogens (tertiary/aromatic N) is 2. The molecule has 0 spiro atoms. The molecule has 3 rings (SSSR count). The molecule has 0 aliphatic rings. The van der Waals surface area contributed by atoms with Crippen LogP contribution in [0.4, 0.5) is 11.5 Å². The molecule has 0 amide bonds. The van der Waals surface area contributed by atoms with E-state index >= 15 is 0 Å². The van der Waals surface area contributed by atoms with Crippen LogP contribution in [0.1, 0.15) is 11.3 Å². The first-order valence-corrected chi connectivity index (χ1v) is 13.2. The number of aromatic nitrogens is 2. The van der Waals surface area contributed by atoms with Crippen molar-refractivity contribution in [2.75, 3.05) is 57.7 Å². The molecule has 11 nitrogen and oxygen atoms in total. The maximum absolute atomic E-state index is 11.9. The minimum absolute atomic E-state index is 0.00584. The lowest BCUT2D eigenvalue weighted by Gasteiger charge is -2.11. The molecule has 3 aromatic rings. The number of sulfonamides is 1. The second kappa shape index (κ2) is 14.6. The predicted octanol–water partition coefficient (Wildman–Crippen LogP) is 1.79. The van der Waals surface area contributed by atoms with Crippen molar-refractivity contribution in [1.29, 1.82) is 0 Å². The monoisotopic (exact) mass is 531 g/mol. The Balaban J connectivity index is 1.51. The number of aliphatic hydroxyl groups is 1. The van der Waals surface area contributed by atoms with Crippen molar-refractivity contribution in [1.82, 2.24) is 14.7 Å². The maximum atomic E-state index is 11.9. The van der Waals surface area contributed by atoms with E-state index in [0.29, 0.717) is 63.4 Å². The lowest BCUT2D eigenvalue weighted by Crippen LogP contribution is -2.18. The Morgan fingerprint density at radius 2 is 1.68 bits per heavy atom. The Morgan fingerprint density at radius 1 is 0.973 bits per heavy atom. The summed E-state index contributed by atoms with van der Waals surface area (Å²) in [6.45, 7) is 2.94. The summed E-state index contributed by atoms with van der Waals surface area (Å²) in [7, 11) is -2.14. The Labute approximate surface area is 217 Å². The average molecular weight is 532 g/mol. The SMILES string of the molecule is CNS(=O)(=O)c1ccc(-c2cnc(N)c(CNc3cccc(COCCOCCOCCO)c3)n2)cc1. The first kappa shape index (κ1) is 28.4. The second-order valence-electron chi connectivity index (χ2n) is 7.87. The van der Waals surface area contributed by atoms with Gasteiger partial charge in [-0.3, -0.25) is 0 Å². The third kappa shape index (κ3) is 9.04. The van der Waals surface area contributed by atoms with Crippen molar-refractivity contribution in [2.45, 2.75) is 18.0 Å². The molecule has 200 valence electrons. The van der Waals surface area contributed by atoms with E-state index in [9.17, 15) is 8.42 Å². The number of anilines is 2. The van der Waals surface area contributed by atoms with E-state index in [2.05, 4.69) is 20.0 Å². The van der Waals surface area contributed by atoms with E-state index < -0.39 is 10.0 Å². The van der Waals surface area contributed by atoms with Gasteiger partial charge >= 0.3 is 0 Å². The van der Waals surface area contributed by atoms with Crippen LogP contribution < -0.4 is 15.8 Å². The molecule has 0 bridgehead atoms. The van der Waals surface area contributed by atoms with Crippen LogP contribution in [0.15, 0.2) is 59.6 Å². The number of hydrogen-bond donors (Lipinski definition) is 4. The van der Waals surface area contributed by atoms with Gasteiger partial charge in [-0.2, -0.15) is 0 Å². The third-order valence-corrected chi connectivity index (χ3v) is 6.67. The van der Waals surface area contributed by atoms with Crippen molar-refractivity contribution in [2.24, 2.45) is 0 Å². The van der Waals surface area contributed by atoms with Gasteiger partial charge < -0.3 is 30.4 Å². The first-order valence-electron chi connectivity index (χ1n) is 11.7. The largest absolute Gasteiger partial charge is 0.394 e. The maximum Gasteiger partial charge on any atom is 0.240 e. The summed E-state index contributed by atoms with van der Waals surface area (Å²) in [6.07, 6.45) is 1.56. The van der Waals surface area contributed by atoms with Crippen molar-refractivity contribution in [3.05, 3.63) is 66.0 Å². The molecule has 0 radical (unpaired) electrons. The van der Waals surface area contributed by atoms with Gasteiger partial charge in [-0.15, -0.1) is 0 Å². The van der Waals surface area contributed by atoms with Gasteiger partial charge in [-0.1, -0.05) is 24.3 Å². The molecule has 37 heavy (non-hydrogen) atoms. The van der Waals surface area contributed by atoms with Crippen molar-refractivity contribution >= 4 is 21.5 Å². The number of aliphatic hydroxyl groups excluding tert-OH is 1. The fraction of sp³-hybridized carbons (Fsp3) is 0.360. The summed E-state index contributed by atoms with van der Waals surface area (Å²) in [4.78, 5) is 9.04. The molecule has 0 saturated heterocycles. The lowest BCUT2D eigenvalue weighted by molar-refractivity contribution is 0.00451. The van der Waals surface area contributed by atoms with Gasteiger partial charge in [0.25, 0.3) is 0 Å². The molecule has 0 atom stereocenters. The van der Waals surface area contributed by atoms with Crippen LogP contribution in [-0.4, -0.2) is 70.2 Å². The number of rotatable bonds is 16. The number of hydrogen-bond acceptors (Lipinski definition) is 10. The molecule has 12 heteroatoms. The highest BCUT2D eigenvalue weighted by molar-refractivity contribution is 7.89.